The van der Waals surface area contributed by atoms with Crippen LogP contribution in [0.4, 0.5) is 0 Å². The minimum atomic E-state index is -0.120. The predicted molar refractivity (Wildman–Crippen MR) is 26.7 cm³/mol. The van der Waals surface area contributed by atoms with Crippen LogP contribution in [0.1, 0.15) is 0 Å². The number of nitrogens with two attached hydrogens (primary N) is 1. The molecule has 0 atom stereocenters. The summed E-state index contributed by atoms with van der Waals surface area (Å²) in [5.74, 6) is 0. The molecule has 0 rings (SSSR count). The number of ether oxygens (including phenoxy) is 1. The summed E-state index contributed by atoms with van der Waals surface area (Å²) in [4.78, 5) is 0. The van der Waals surface area contributed by atoms with Crippen molar-refractivity contribution >= 4 is 23.8 Å². The standard InChI is InChI=1S/C2H4N2OS/c3-1-5-2(4)6/h1,3H,(H2,4,6). The van der Waals surface area contributed by atoms with Crippen LogP contribution in [0.2, 0.25) is 0 Å². The second kappa shape index (κ2) is 2.59. The molecular weight excluding hydrogens is 100 g/mol. The lowest BCUT2D eigenvalue weighted by Crippen LogP contribution is -2.10. The van der Waals surface area contributed by atoms with Gasteiger partial charge in [-0.25, -0.2) is 0 Å². The molecule has 0 bridgehead atoms. The topological polar surface area (TPSA) is 59.1 Å². The quantitative estimate of drug-likeness (QED) is 0.276. The second-order valence-corrected chi connectivity index (χ2v) is 0.957. The Bertz CT molecular complexity index is 71.9. The number of nitrogens with one attached hydrogen (secondary N) is 1. The van der Waals surface area contributed by atoms with Crippen LogP contribution in [0.5, 0.6) is 0 Å². The van der Waals surface area contributed by atoms with Crippen molar-refractivity contribution < 1.29 is 4.74 Å². The minimum absolute atomic E-state index is 0.120. The van der Waals surface area contributed by atoms with Crippen LogP contribution >= 0.6 is 12.2 Å². The summed E-state index contributed by atoms with van der Waals surface area (Å²) in [7, 11) is 0. The summed E-state index contributed by atoms with van der Waals surface area (Å²) in [5.41, 5.74) is 4.76. The van der Waals surface area contributed by atoms with E-state index in [0.717, 1.165) is 0 Å². The zero-order chi connectivity index (χ0) is 4.99. The molecule has 0 unspecified atom stereocenters. The zero-order valence-corrected chi connectivity index (χ0v) is 3.79. The van der Waals surface area contributed by atoms with E-state index in [9.17, 15) is 0 Å². The Hall–Kier alpha value is -0.640. The van der Waals surface area contributed by atoms with Gasteiger partial charge in [-0.3, -0.25) is 5.41 Å². The molecule has 0 aliphatic rings. The number of thiocarbonyl (C=S) groups is 1. The van der Waals surface area contributed by atoms with Crippen LogP contribution in [-0.4, -0.2) is 11.6 Å². The summed E-state index contributed by atoms with van der Waals surface area (Å²) in [6.45, 7) is 0. The monoisotopic (exact) mass is 104 g/mol. The molecule has 4 heteroatoms. The van der Waals surface area contributed by atoms with Gasteiger partial charge in [-0.1, -0.05) is 0 Å². The van der Waals surface area contributed by atoms with E-state index in [4.69, 9.17) is 11.1 Å². The van der Waals surface area contributed by atoms with Gasteiger partial charge in [0.05, 0.1) is 0 Å². The molecule has 34 valence electrons. The van der Waals surface area contributed by atoms with E-state index in [1.54, 1.807) is 0 Å². The Balaban J connectivity index is 3.05. The summed E-state index contributed by atoms with van der Waals surface area (Å²) in [6, 6.07) is 0. The van der Waals surface area contributed by atoms with Gasteiger partial charge in [-0.05, 0) is 12.2 Å². The van der Waals surface area contributed by atoms with Gasteiger partial charge < -0.3 is 10.5 Å². The fourth-order valence-electron chi connectivity index (χ4n) is 0.0581. The Morgan fingerprint density at radius 1 is 2.00 bits per heavy atom. The maximum atomic E-state index is 6.22. The van der Waals surface area contributed by atoms with E-state index in [0.29, 0.717) is 6.40 Å². The van der Waals surface area contributed by atoms with Crippen LogP contribution in [0, 0.1) is 5.41 Å². The lowest BCUT2D eigenvalue weighted by atomic mass is 11.3. The van der Waals surface area contributed by atoms with E-state index in [1.807, 2.05) is 0 Å². The van der Waals surface area contributed by atoms with Crippen molar-refractivity contribution in [2.45, 2.75) is 0 Å². The molecule has 0 saturated heterocycles. The van der Waals surface area contributed by atoms with Crippen LogP contribution in [0.15, 0.2) is 0 Å². The number of hydrogen-bond donors (Lipinski definition) is 2. The molecule has 0 heterocycles. The molecule has 0 saturated carbocycles. The molecular formula is C2H4N2OS. The average Bonchev–Trinajstić information content (AvgIpc) is 1.35. The Labute approximate surface area is 40.6 Å². The maximum Gasteiger partial charge on any atom is 0.260 e. The normalized spacial score (nSPS) is 6.67. The third kappa shape index (κ3) is 3.36. The van der Waals surface area contributed by atoms with Gasteiger partial charge in [-0.2, -0.15) is 0 Å². The first-order chi connectivity index (χ1) is 2.77. The SMILES string of the molecule is N=COC(N)=S. The zero-order valence-electron chi connectivity index (χ0n) is 2.97. The molecule has 0 fully saturated rings. The van der Waals surface area contributed by atoms with Gasteiger partial charge >= 0.3 is 0 Å². The Morgan fingerprint density at radius 3 is 2.50 bits per heavy atom. The van der Waals surface area contributed by atoms with Crippen molar-refractivity contribution in [3.8, 4) is 0 Å². The van der Waals surface area contributed by atoms with Gasteiger partial charge in [0.1, 0.15) is 0 Å². The van der Waals surface area contributed by atoms with Crippen molar-refractivity contribution in [2.24, 2.45) is 5.73 Å². The number of hydrogen-bond acceptors (Lipinski definition) is 3. The molecule has 0 aromatic carbocycles. The fourth-order valence-corrected chi connectivity index (χ4v) is 0.106. The largest absolute Gasteiger partial charge is 0.421 e. The molecule has 0 aliphatic carbocycles. The second-order valence-electron chi connectivity index (χ2n) is 0.555. The van der Waals surface area contributed by atoms with Gasteiger partial charge in [0.2, 0.25) is 0 Å². The highest BCUT2D eigenvalue weighted by molar-refractivity contribution is 7.80. The first kappa shape index (κ1) is 5.36. The van der Waals surface area contributed by atoms with Gasteiger partial charge in [0.25, 0.3) is 5.17 Å². The first-order valence-corrected chi connectivity index (χ1v) is 1.63. The molecule has 6 heavy (non-hydrogen) atoms. The van der Waals surface area contributed by atoms with Crippen LogP contribution in [0.3, 0.4) is 0 Å². The summed E-state index contributed by atoms with van der Waals surface area (Å²) < 4.78 is 4.09. The summed E-state index contributed by atoms with van der Waals surface area (Å²) in [6.07, 6.45) is 0.683. The molecule has 0 aliphatic heterocycles. The summed E-state index contributed by atoms with van der Waals surface area (Å²) >= 11 is 4.20. The maximum absolute atomic E-state index is 6.22. The summed E-state index contributed by atoms with van der Waals surface area (Å²) in [5, 5.41) is 6.10. The minimum Gasteiger partial charge on any atom is -0.421 e. The molecule has 3 nitrogen and oxygen atoms in total. The predicted octanol–water partition coefficient (Wildman–Crippen LogP) is -0.146. The Morgan fingerprint density at radius 2 is 2.50 bits per heavy atom. The number of rotatable bonds is 1. The van der Waals surface area contributed by atoms with Crippen molar-refractivity contribution in [1.82, 2.24) is 0 Å². The van der Waals surface area contributed by atoms with Gasteiger partial charge in [-0.15, -0.1) is 0 Å². The molecule has 0 spiro atoms. The van der Waals surface area contributed by atoms with E-state index in [-0.39, 0.29) is 5.17 Å². The molecule has 0 radical (unpaired) electrons. The third-order valence-corrected chi connectivity index (χ3v) is 0.271. The van der Waals surface area contributed by atoms with E-state index in [2.05, 4.69) is 17.0 Å². The molecule has 0 amide bonds. The highest BCUT2D eigenvalue weighted by atomic mass is 32.1. The fraction of sp³-hybridized carbons (Fsp3) is 0. The van der Waals surface area contributed by atoms with Crippen molar-refractivity contribution in [3.05, 3.63) is 0 Å². The average molecular weight is 104 g/mol. The van der Waals surface area contributed by atoms with Crippen molar-refractivity contribution in [2.75, 3.05) is 0 Å². The highest BCUT2D eigenvalue weighted by Gasteiger charge is 1.74. The van der Waals surface area contributed by atoms with Crippen molar-refractivity contribution in [1.29, 1.82) is 5.41 Å². The van der Waals surface area contributed by atoms with Crippen LogP contribution in [0.25, 0.3) is 0 Å². The molecule has 0 aromatic rings. The van der Waals surface area contributed by atoms with Crippen molar-refractivity contribution in [3.63, 3.8) is 0 Å². The molecule has 3 N–H and O–H groups in total. The van der Waals surface area contributed by atoms with Gasteiger partial charge in [0.15, 0.2) is 6.40 Å². The third-order valence-electron chi connectivity index (χ3n) is 0.175. The lowest BCUT2D eigenvalue weighted by Gasteiger charge is -1.85. The lowest BCUT2D eigenvalue weighted by molar-refractivity contribution is 0.571. The smallest absolute Gasteiger partial charge is 0.260 e. The van der Waals surface area contributed by atoms with E-state index >= 15 is 0 Å². The van der Waals surface area contributed by atoms with E-state index < -0.39 is 0 Å². The van der Waals surface area contributed by atoms with E-state index in [1.165, 1.54) is 0 Å². The highest BCUT2D eigenvalue weighted by Crippen LogP contribution is 1.60. The van der Waals surface area contributed by atoms with Crippen LogP contribution < -0.4 is 5.73 Å². The Kier molecular flexibility index (Phi) is 2.31. The van der Waals surface area contributed by atoms with Crippen LogP contribution in [-0.2, 0) is 4.74 Å². The molecule has 0 aromatic heterocycles. The first-order valence-electron chi connectivity index (χ1n) is 1.22. The van der Waals surface area contributed by atoms with Gasteiger partial charge in [0, 0.05) is 0 Å².